The second-order valence-electron chi connectivity index (χ2n) is 7.85. The van der Waals surface area contributed by atoms with Crippen LogP contribution in [0.25, 0.3) is 11.1 Å². The largest absolute Gasteiger partial charge is 0.340 e. The summed E-state index contributed by atoms with van der Waals surface area (Å²) in [5.74, 6) is 0.104. The molecular formula is C27H30N2O2. The van der Waals surface area contributed by atoms with Gasteiger partial charge in [-0.05, 0) is 47.6 Å². The molecule has 0 aromatic heterocycles. The first-order chi connectivity index (χ1) is 15.1. The van der Waals surface area contributed by atoms with E-state index in [0.717, 1.165) is 41.5 Å². The zero-order chi connectivity index (χ0) is 22.1. The van der Waals surface area contributed by atoms with Gasteiger partial charge in [-0.1, -0.05) is 72.8 Å². The van der Waals surface area contributed by atoms with Gasteiger partial charge in [0.25, 0.3) is 0 Å². The van der Waals surface area contributed by atoms with Gasteiger partial charge in [-0.15, -0.1) is 0 Å². The fourth-order valence-corrected chi connectivity index (χ4v) is 3.62. The number of ketones is 1. The van der Waals surface area contributed by atoms with Gasteiger partial charge in [0.1, 0.15) is 0 Å². The molecule has 3 rings (SSSR count). The molecule has 3 aromatic rings. The number of aryl methyl sites for hydroxylation is 1. The normalized spacial score (nSPS) is 10.6. The van der Waals surface area contributed by atoms with E-state index >= 15 is 0 Å². The fourth-order valence-electron chi connectivity index (χ4n) is 3.62. The second-order valence-corrected chi connectivity index (χ2v) is 7.85. The van der Waals surface area contributed by atoms with E-state index in [1.807, 2.05) is 48.5 Å². The van der Waals surface area contributed by atoms with Gasteiger partial charge < -0.3 is 10.6 Å². The summed E-state index contributed by atoms with van der Waals surface area (Å²) in [5.41, 5.74) is 10.7. The first-order valence-corrected chi connectivity index (χ1v) is 10.8. The molecule has 0 saturated carbocycles. The van der Waals surface area contributed by atoms with Crippen LogP contribution < -0.4 is 5.73 Å². The molecule has 0 aliphatic carbocycles. The van der Waals surface area contributed by atoms with Crippen LogP contribution in [0.5, 0.6) is 0 Å². The lowest BCUT2D eigenvalue weighted by Gasteiger charge is -2.16. The molecule has 0 aliphatic rings. The van der Waals surface area contributed by atoms with Crippen molar-refractivity contribution in [1.29, 1.82) is 0 Å². The summed E-state index contributed by atoms with van der Waals surface area (Å²) in [6.45, 7) is 0.529. The predicted octanol–water partition coefficient (Wildman–Crippen LogP) is 4.87. The number of unbranched alkanes of at least 4 members (excludes halogenated alkanes) is 1. The lowest BCUT2D eigenvalue weighted by molar-refractivity contribution is -0.128. The zero-order valence-corrected chi connectivity index (χ0v) is 18.1. The van der Waals surface area contributed by atoms with Crippen LogP contribution in [0.4, 0.5) is 0 Å². The molecule has 0 unspecified atom stereocenters. The summed E-state index contributed by atoms with van der Waals surface area (Å²) in [7, 11) is 1.75. The van der Waals surface area contributed by atoms with Crippen molar-refractivity contribution in [3.8, 4) is 11.1 Å². The first kappa shape index (κ1) is 22.4. The minimum atomic E-state index is -0.0861. The van der Waals surface area contributed by atoms with E-state index in [-0.39, 0.29) is 18.2 Å². The predicted molar refractivity (Wildman–Crippen MR) is 126 cm³/mol. The second kappa shape index (κ2) is 11.2. The van der Waals surface area contributed by atoms with Gasteiger partial charge in [0.2, 0.25) is 5.91 Å². The van der Waals surface area contributed by atoms with E-state index in [4.69, 9.17) is 5.73 Å². The Morgan fingerprint density at radius 1 is 0.806 bits per heavy atom. The van der Waals surface area contributed by atoms with Gasteiger partial charge in [-0.25, -0.2) is 0 Å². The van der Waals surface area contributed by atoms with Crippen LogP contribution in [0, 0.1) is 0 Å². The molecule has 4 nitrogen and oxygen atoms in total. The number of nitrogens with two attached hydrogens (primary N) is 1. The maximum atomic E-state index is 12.5. The summed E-state index contributed by atoms with van der Waals surface area (Å²) >= 11 is 0. The summed E-state index contributed by atoms with van der Waals surface area (Å²) in [4.78, 5) is 25.9. The Morgan fingerprint density at radius 2 is 1.52 bits per heavy atom. The number of carbonyl (C=O) groups excluding carboxylic acids is 2. The van der Waals surface area contributed by atoms with Gasteiger partial charge in [-0.3, -0.25) is 9.59 Å². The Morgan fingerprint density at radius 3 is 2.23 bits per heavy atom. The van der Waals surface area contributed by atoms with Crippen LogP contribution in [-0.4, -0.2) is 30.2 Å². The number of nitrogens with zero attached hydrogens (tertiary/aromatic N) is 1. The minimum absolute atomic E-state index is 0.0118. The molecule has 31 heavy (non-hydrogen) atoms. The van der Waals surface area contributed by atoms with Gasteiger partial charge in [-0.2, -0.15) is 0 Å². The first-order valence-electron chi connectivity index (χ1n) is 10.8. The highest BCUT2D eigenvalue weighted by molar-refractivity contribution is 5.96. The Hall–Kier alpha value is -3.24. The highest BCUT2D eigenvalue weighted by Gasteiger charge is 2.09. The molecule has 0 atom stereocenters. The van der Waals surface area contributed by atoms with Crippen molar-refractivity contribution in [2.24, 2.45) is 5.73 Å². The van der Waals surface area contributed by atoms with Crippen molar-refractivity contribution in [2.75, 3.05) is 13.6 Å². The maximum absolute atomic E-state index is 12.5. The van der Waals surface area contributed by atoms with Crippen LogP contribution in [0.1, 0.15) is 40.7 Å². The lowest BCUT2D eigenvalue weighted by Crippen LogP contribution is -2.32. The van der Waals surface area contributed by atoms with Gasteiger partial charge in [0.05, 0.1) is 6.54 Å². The van der Waals surface area contributed by atoms with E-state index in [2.05, 4.69) is 30.3 Å². The minimum Gasteiger partial charge on any atom is -0.340 e. The molecule has 0 fully saturated rings. The van der Waals surface area contributed by atoms with Crippen molar-refractivity contribution in [2.45, 2.75) is 32.2 Å². The Labute approximate surface area is 184 Å². The molecule has 0 radical (unpaired) electrons. The van der Waals surface area contributed by atoms with Crippen molar-refractivity contribution in [3.63, 3.8) is 0 Å². The number of carbonyl (C=O) groups is 2. The summed E-state index contributed by atoms with van der Waals surface area (Å²) in [6, 6.07) is 26.3. The van der Waals surface area contributed by atoms with Crippen molar-refractivity contribution < 1.29 is 9.59 Å². The van der Waals surface area contributed by atoms with Crippen LogP contribution in [-0.2, 0) is 17.8 Å². The average molecular weight is 415 g/mol. The summed E-state index contributed by atoms with van der Waals surface area (Å²) in [5, 5.41) is 0. The van der Waals surface area contributed by atoms with Gasteiger partial charge >= 0.3 is 0 Å². The zero-order valence-electron chi connectivity index (χ0n) is 18.1. The molecule has 0 aliphatic heterocycles. The van der Waals surface area contributed by atoms with Gasteiger partial charge in [0, 0.05) is 25.6 Å². The Bertz CT molecular complexity index is 997. The molecule has 0 bridgehead atoms. The van der Waals surface area contributed by atoms with Gasteiger partial charge in [0.15, 0.2) is 5.78 Å². The smallest absolute Gasteiger partial charge is 0.236 e. The molecule has 0 spiro atoms. The third-order valence-electron chi connectivity index (χ3n) is 5.45. The molecule has 1 amide bonds. The summed E-state index contributed by atoms with van der Waals surface area (Å²) < 4.78 is 0. The Balaban J connectivity index is 1.55. The van der Waals surface area contributed by atoms with Crippen molar-refractivity contribution in [3.05, 3.63) is 95.6 Å². The number of benzene rings is 3. The number of Topliss-reactive ketones (excluding diaryl/α,β-unsaturated/α-hetero) is 1. The number of likely N-dealkylation sites (N-methyl/N-ethyl adjacent to an activating group) is 1. The number of amides is 1. The quantitative estimate of drug-likeness (QED) is 0.380. The summed E-state index contributed by atoms with van der Waals surface area (Å²) in [6.07, 6.45) is 3.49. The van der Waals surface area contributed by atoms with Crippen LogP contribution >= 0.6 is 0 Å². The highest BCUT2D eigenvalue weighted by atomic mass is 16.2. The van der Waals surface area contributed by atoms with E-state index in [1.54, 1.807) is 11.9 Å². The molecule has 3 aromatic carbocycles. The monoisotopic (exact) mass is 414 g/mol. The topological polar surface area (TPSA) is 63.4 Å². The molecule has 2 N–H and O–H groups in total. The lowest BCUT2D eigenvalue weighted by atomic mass is 9.98. The molecule has 0 heterocycles. The SMILES string of the molecule is CN(Cc1cccc(-c2ccc(C(=O)CCCCc3ccccc3)cc2)c1)C(=O)CN. The molecular weight excluding hydrogens is 384 g/mol. The van der Waals surface area contributed by atoms with E-state index in [1.165, 1.54) is 5.56 Å². The van der Waals surface area contributed by atoms with Crippen LogP contribution in [0.3, 0.4) is 0 Å². The van der Waals surface area contributed by atoms with E-state index in [9.17, 15) is 9.59 Å². The number of rotatable bonds is 10. The number of hydrogen-bond acceptors (Lipinski definition) is 3. The standard InChI is InChI=1S/C27H30N2O2/c1-29(27(31)19-28)20-22-11-7-12-25(18-22)23-14-16-24(17-15-23)26(30)13-6-5-10-21-8-3-2-4-9-21/h2-4,7-9,11-12,14-18H,5-6,10,13,19-20,28H2,1H3. The van der Waals surface area contributed by atoms with E-state index in [0.29, 0.717) is 13.0 Å². The van der Waals surface area contributed by atoms with Crippen molar-refractivity contribution in [1.82, 2.24) is 4.90 Å². The maximum Gasteiger partial charge on any atom is 0.236 e. The molecule has 0 saturated heterocycles. The average Bonchev–Trinajstić information content (AvgIpc) is 2.82. The Kier molecular flexibility index (Phi) is 8.13. The third kappa shape index (κ3) is 6.63. The van der Waals surface area contributed by atoms with Crippen LogP contribution in [0.15, 0.2) is 78.9 Å². The number of hydrogen-bond donors (Lipinski definition) is 1. The fraction of sp³-hybridized carbons (Fsp3) is 0.259. The van der Waals surface area contributed by atoms with E-state index < -0.39 is 0 Å². The van der Waals surface area contributed by atoms with Crippen LogP contribution in [0.2, 0.25) is 0 Å². The third-order valence-corrected chi connectivity index (χ3v) is 5.45. The highest BCUT2D eigenvalue weighted by Crippen LogP contribution is 2.22. The molecule has 160 valence electrons. The molecule has 4 heteroatoms. The van der Waals surface area contributed by atoms with Crippen molar-refractivity contribution >= 4 is 11.7 Å².